The molecule has 0 amide bonds. The lowest BCUT2D eigenvalue weighted by Gasteiger charge is -2.14. The fourth-order valence-electron chi connectivity index (χ4n) is 1.87. The molecule has 0 aliphatic rings. The maximum Gasteiger partial charge on any atom is 0.145 e. The van der Waals surface area contributed by atoms with Gasteiger partial charge in [-0.05, 0) is 23.6 Å². The van der Waals surface area contributed by atoms with Crippen LogP contribution in [0.4, 0.5) is 5.82 Å². The fourth-order valence-corrected chi connectivity index (χ4v) is 2.17. The fraction of sp³-hybridized carbons (Fsp3) is 0.308. The number of rotatable bonds is 3. The van der Waals surface area contributed by atoms with Crippen molar-refractivity contribution in [3.05, 3.63) is 28.9 Å². The zero-order chi connectivity index (χ0) is 13.3. The van der Waals surface area contributed by atoms with E-state index in [9.17, 15) is 0 Å². The van der Waals surface area contributed by atoms with Gasteiger partial charge in [-0.25, -0.2) is 0 Å². The standard InChI is InChI=1S/C13H16ClN3O/c1-7(2)8-4-9(10-6-16-17-13(10)15)12(18-3)11(14)5-8/h4-7H,1-3H3,(H3,15,16,17). The summed E-state index contributed by atoms with van der Waals surface area (Å²) in [6.07, 6.45) is 1.67. The van der Waals surface area contributed by atoms with Crippen LogP contribution >= 0.6 is 11.6 Å². The highest BCUT2D eigenvalue weighted by Crippen LogP contribution is 2.40. The van der Waals surface area contributed by atoms with Gasteiger partial charge in [0.2, 0.25) is 0 Å². The first-order valence-corrected chi connectivity index (χ1v) is 6.09. The van der Waals surface area contributed by atoms with Crippen molar-refractivity contribution in [1.82, 2.24) is 10.2 Å². The molecule has 0 atom stereocenters. The van der Waals surface area contributed by atoms with E-state index in [1.165, 1.54) is 0 Å². The molecule has 0 unspecified atom stereocenters. The van der Waals surface area contributed by atoms with Gasteiger partial charge in [0, 0.05) is 11.1 Å². The van der Waals surface area contributed by atoms with Crippen LogP contribution in [-0.2, 0) is 0 Å². The number of nitrogens with one attached hydrogen (secondary N) is 1. The van der Waals surface area contributed by atoms with E-state index in [2.05, 4.69) is 24.0 Å². The minimum absolute atomic E-state index is 0.375. The molecule has 3 N–H and O–H groups in total. The molecular weight excluding hydrogens is 250 g/mol. The second-order valence-electron chi connectivity index (χ2n) is 4.44. The molecule has 0 fully saturated rings. The minimum Gasteiger partial charge on any atom is -0.495 e. The minimum atomic E-state index is 0.375. The third-order valence-electron chi connectivity index (χ3n) is 2.90. The van der Waals surface area contributed by atoms with E-state index in [4.69, 9.17) is 22.1 Å². The summed E-state index contributed by atoms with van der Waals surface area (Å²) in [5.41, 5.74) is 8.65. The van der Waals surface area contributed by atoms with Gasteiger partial charge in [0.1, 0.15) is 11.6 Å². The molecule has 2 aromatic rings. The number of benzene rings is 1. The van der Waals surface area contributed by atoms with E-state index < -0.39 is 0 Å². The lowest BCUT2D eigenvalue weighted by Crippen LogP contribution is -1.96. The van der Waals surface area contributed by atoms with Gasteiger partial charge < -0.3 is 10.5 Å². The zero-order valence-corrected chi connectivity index (χ0v) is 11.4. The number of aromatic nitrogens is 2. The highest BCUT2D eigenvalue weighted by molar-refractivity contribution is 6.32. The Morgan fingerprint density at radius 1 is 1.33 bits per heavy atom. The van der Waals surface area contributed by atoms with Crippen LogP contribution in [0.1, 0.15) is 25.3 Å². The molecule has 0 aliphatic heterocycles. The summed E-state index contributed by atoms with van der Waals surface area (Å²) >= 11 is 6.25. The molecule has 0 radical (unpaired) electrons. The second-order valence-corrected chi connectivity index (χ2v) is 4.84. The third-order valence-corrected chi connectivity index (χ3v) is 3.18. The molecular formula is C13H16ClN3O. The van der Waals surface area contributed by atoms with Crippen molar-refractivity contribution in [2.75, 3.05) is 12.8 Å². The Balaban J connectivity index is 2.67. The van der Waals surface area contributed by atoms with E-state index in [0.717, 1.165) is 16.7 Å². The van der Waals surface area contributed by atoms with E-state index in [1.807, 2.05) is 12.1 Å². The van der Waals surface area contributed by atoms with Gasteiger partial charge in [-0.2, -0.15) is 5.10 Å². The molecule has 0 spiro atoms. The first kappa shape index (κ1) is 12.8. The number of halogens is 1. The summed E-state index contributed by atoms with van der Waals surface area (Å²) < 4.78 is 5.36. The zero-order valence-electron chi connectivity index (χ0n) is 10.6. The van der Waals surface area contributed by atoms with Crippen molar-refractivity contribution in [3.8, 4) is 16.9 Å². The van der Waals surface area contributed by atoms with E-state index in [-0.39, 0.29) is 0 Å². The van der Waals surface area contributed by atoms with E-state index in [0.29, 0.717) is 22.5 Å². The van der Waals surface area contributed by atoms with Crippen molar-refractivity contribution in [2.24, 2.45) is 0 Å². The van der Waals surface area contributed by atoms with E-state index in [1.54, 1.807) is 13.3 Å². The average Bonchev–Trinajstić information content (AvgIpc) is 2.74. The predicted octanol–water partition coefficient (Wildman–Crippen LogP) is 3.44. The van der Waals surface area contributed by atoms with Crippen molar-refractivity contribution in [2.45, 2.75) is 19.8 Å². The lowest BCUT2D eigenvalue weighted by atomic mass is 9.97. The largest absolute Gasteiger partial charge is 0.495 e. The Kier molecular flexibility index (Phi) is 3.48. The first-order valence-electron chi connectivity index (χ1n) is 5.71. The molecule has 0 aliphatic carbocycles. The number of hydrogen-bond donors (Lipinski definition) is 2. The maximum absolute atomic E-state index is 6.25. The highest BCUT2D eigenvalue weighted by Gasteiger charge is 2.16. The van der Waals surface area contributed by atoms with Gasteiger partial charge in [-0.1, -0.05) is 25.4 Å². The third kappa shape index (κ3) is 2.16. The normalized spacial score (nSPS) is 10.9. The van der Waals surface area contributed by atoms with Crippen LogP contribution in [-0.4, -0.2) is 17.3 Å². The molecule has 0 bridgehead atoms. The molecule has 96 valence electrons. The Hall–Kier alpha value is -1.68. The van der Waals surface area contributed by atoms with Gasteiger partial charge in [-0.15, -0.1) is 0 Å². The van der Waals surface area contributed by atoms with Gasteiger partial charge in [0.05, 0.1) is 18.3 Å². The topological polar surface area (TPSA) is 63.9 Å². The van der Waals surface area contributed by atoms with Crippen LogP contribution in [0, 0.1) is 0 Å². The highest BCUT2D eigenvalue weighted by atomic mass is 35.5. The van der Waals surface area contributed by atoms with Crippen LogP contribution in [0.2, 0.25) is 5.02 Å². The molecule has 2 rings (SSSR count). The average molecular weight is 266 g/mol. The predicted molar refractivity (Wildman–Crippen MR) is 74.1 cm³/mol. The van der Waals surface area contributed by atoms with Crippen LogP contribution in [0.15, 0.2) is 18.3 Å². The smallest absolute Gasteiger partial charge is 0.145 e. The summed E-state index contributed by atoms with van der Waals surface area (Å²) in [5, 5.41) is 7.23. The van der Waals surface area contributed by atoms with Crippen LogP contribution in [0.3, 0.4) is 0 Å². The lowest BCUT2D eigenvalue weighted by molar-refractivity contribution is 0.416. The number of nitrogens with two attached hydrogens (primary N) is 1. The summed E-state index contributed by atoms with van der Waals surface area (Å²) in [6, 6.07) is 3.96. The Labute approximate surface area is 111 Å². The van der Waals surface area contributed by atoms with Gasteiger partial charge in [0.25, 0.3) is 0 Å². The Bertz CT molecular complexity index is 563. The number of hydrogen-bond acceptors (Lipinski definition) is 3. The van der Waals surface area contributed by atoms with Crippen LogP contribution in [0.25, 0.3) is 11.1 Å². The molecule has 1 aromatic heterocycles. The number of nitrogens with zero attached hydrogens (tertiary/aromatic N) is 1. The summed E-state index contributed by atoms with van der Waals surface area (Å²) in [4.78, 5) is 0. The van der Waals surface area contributed by atoms with Gasteiger partial charge >= 0.3 is 0 Å². The van der Waals surface area contributed by atoms with Crippen LogP contribution in [0.5, 0.6) is 5.75 Å². The Morgan fingerprint density at radius 3 is 2.56 bits per heavy atom. The monoisotopic (exact) mass is 265 g/mol. The van der Waals surface area contributed by atoms with Crippen molar-refractivity contribution < 1.29 is 4.74 Å². The number of ether oxygens (including phenoxy) is 1. The summed E-state index contributed by atoms with van der Waals surface area (Å²) in [5.74, 6) is 1.50. The number of nitrogen functional groups attached to an aromatic ring is 1. The number of methoxy groups -OCH3 is 1. The number of H-pyrrole nitrogens is 1. The number of aromatic amines is 1. The van der Waals surface area contributed by atoms with E-state index >= 15 is 0 Å². The maximum atomic E-state index is 6.25. The number of anilines is 1. The Morgan fingerprint density at radius 2 is 2.06 bits per heavy atom. The van der Waals surface area contributed by atoms with Crippen molar-refractivity contribution in [1.29, 1.82) is 0 Å². The molecule has 4 nitrogen and oxygen atoms in total. The van der Waals surface area contributed by atoms with Crippen LogP contribution < -0.4 is 10.5 Å². The molecule has 1 heterocycles. The molecule has 1 aromatic carbocycles. The second kappa shape index (κ2) is 4.90. The SMILES string of the molecule is COc1c(Cl)cc(C(C)C)cc1-c1cn[nH]c1N. The molecule has 0 saturated carbocycles. The molecule has 5 heteroatoms. The summed E-state index contributed by atoms with van der Waals surface area (Å²) in [6.45, 7) is 4.22. The first-order chi connectivity index (χ1) is 8.54. The van der Waals surface area contributed by atoms with Gasteiger partial charge in [0.15, 0.2) is 0 Å². The summed E-state index contributed by atoms with van der Waals surface area (Å²) in [7, 11) is 1.59. The molecule has 0 saturated heterocycles. The van der Waals surface area contributed by atoms with Gasteiger partial charge in [-0.3, -0.25) is 5.10 Å². The van der Waals surface area contributed by atoms with Crippen molar-refractivity contribution in [3.63, 3.8) is 0 Å². The molecule has 18 heavy (non-hydrogen) atoms. The quantitative estimate of drug-likeness (QED) is 0.893. The van der Waals surface area contributed by atoms with Crippen molar-refractivity contribution >= 4 is 17.4 Å².